The highest BCUT2D eigenvalue weighted by atomic mass is 16.5. The largest absolute Gasteiger partial charge is 0.409 e. The fourth-order valence-corrected chi connectivity index (χ4v) is 1.84. The van der Waals surface area contributed by atoms with Gasteiger partial charge in [-0.1, -0.05) is 5.16 Å². The fourth-order valence-electron chi connectivity index (χ4n) is 1.84. The zero-order valence-electron chi connectivity index (χ0n) is 9.48. The van der Waals surface area contributed by atoms with E-state index in [1.807, 2.05) is 6.92 Å². The van der Waals surface area contributed by atoms with Gasteiger partial charge in [-0.3, -0.25) is 4.79 Å². The van der Waals surface area contributed by atoms with E-state index >= 15 is 0 Å². The predicted molar refractivity (Wildman–Crippen MR) is 59.2 cm³/mol. The van der Waals surface area contributed by atoms with Crippen molar-refractivity contribution in [3.8, 4) is 0 Å². The molecule has 4 N–H and O–H groups in total. The lowest BCUT2D eigenvalue weighted by Crippen LogP contribution is -2.41. The van der Waals surface area contributed by atoms with Crippen LogP contribution in [0.5, 0.6) is 0 Å². The third-order valence-electron chi connectivity index (χ3n) is 2.83. The molecule has 0 bridgehead atoms. The van der Waals surface area contributed by atoms with Gasteiger partial charge in [0.25, 0.3) is 0 Å². The summed E-state index contributed by atoms with van der Waals surface area (Å²) in [6, 6.07) is 0.0999. The summed E-state index contributed by atoms with van der Waals surface area (Å²) in [6.45, 7) is 3.48. The van der Waals surface area contributed by atoms with Crippen LogP contribution in [0.25, 0.3) is 0 Å². The van der Waals surface area contributed by atoms with E-state index in [0.717, 1.165) is 26.1 Å². The monoisotopic (exact) mass is 229 g/mol. The molecule has 1 aliphatic rings. The first-order valence-electron chi connectivity index (χ1n) is 5.47. The average molecular weight is 229 g/mol. The SMILES string of the molecule is CC(NC(=O)CC(N)=NO)C1CCOCC1. The zero-order chi connectivity index (χ0) is 12.0. The number of hydrogen-bond donors (Lipinski definition) is 3. The lowest BCUT2D eigenvalue weighted by atomic mass is 9.93. The van der Waals surface area contributed by atoms with Crippen molar-refractivity contribution < 1.29 is 14.7 Å². The molecule has 1 saturated heterocycles. The van der Waals surface area contributed by atoms with Gasteiger partial charge in [-0.05, 0) is 25.7 Å². The van der Waals surface area contributed by atoms with Gasteiger partial charge < -0.3 is 21.0 Å². The third kappa shape index (κ3) is 4.06. The van der Waals surface area contributed by atoms with Crippen LogP contribution in [0.3, 0.4) is 0 Å². The number of carbonyl (C=O) groups excluding carboxylic acids is 1. The third-order valence-corrected chi connectivity index (χ3v) is 2.83. The fraction of sp³-hybridized carbons (Fsp3) is 0.800. The Morgan fingerprint density at radius 3 is 2.81 bits per heavy atom. The topological polar surface area (TPSA) is 96.9 Å². The van der Waals surface area contributed by atoms with E-state index in [0.29, 0.717) is 5.92 Å². The number of ether oxygens (including phenoxy) is 1. The van der Waals surface area contributed by atoms with Crippen LogP contribution in [-0.2, 0) is 9.53 Å². The normalized spacial score (nSPS) is 20.4. The number of amidine groups is 1. The van der Waals surface area contributed by atoms with Crippen molar-refractivity contribution in [2.75, 3.05) is 13.2 Å². The van der Waals surface area contributed by atoms with Crippen molar-refractivity contribution in [2.24, 2.45) is 16.8 Å². The minimum atomic E-state index is -0.214. The summed E-state index contributed by atoms with van der Waals surface area (Å²) in [5, 5.41) is 13.9. The number of nitrogens with two attached hydrogens (primary N) is 1. The Morgan fingerprint density at radius 1 is 1.62 bits per heavy atom. The molecule has 0 saturated carbocycles. The van der Waals surface area contributed by atoms with Gasteiger partial charge in [-0.15, -0.1) is 0 Å². The Bertz CT molecular complexity index is 262. The summed E-state index contributed by atoms with van der Waals surface area (Å²) < 4.78 is 5.25. The van der Waals surface area contributed by atoms with Crippen molar-refractivity contribution in [3.05, 3.63) is 0 Å². The van der Waals surface area contributed by atoms with Gasteiger partial charge in [0.15, 0.2) is 0 Å². The van der Waals surface area contributed by atoms with Crippen LogP contribution >= 0.6 is 0 Å². The maximum absolute atomic E-state index is 11.5. The lowest BCUT2D eigenvalue weighted by molar-refractivity contribution is -0.121. The van der Waals surface area contributed by atoms with Gasteiger partial charge in [0.2, 0.25) is 5.91 Å². The predicted octanol–water partition coefficient (Wildman–Crippen LogP) is 0.0542. The van der Waals surface area contributed by atoms with Gasteiger partial charge in [-0.2, -0.15) is 0 Å². The number of nitrogens with zero attached hydrogens (tertiary/aromatic N) is 1. The smallest absolute Gasteiger partial charge is 0.227 e. The first kappa shape index (κ1) is 12.8. The number of oxime groups is 1. The highest BCUT2D eigenvalue weighted by Gasteiger charge is 2.21. The number of hydrogen-bond acceptors (Lipinski definition) is 4. The van der Waals surface area contributed by atoms with Crippen molar-refractivity contribution in [3.63, 3.8) is 0 Å². The average Bonchev–Trinajstić information content (AvgIpc) is 2.29. The number of nitrogens with one attached hydrogen (secondary N) is 1. The molecule has 1 unspecified atom stereocenters. The Kier molecular flexibility index (Phi) is 5.04. The molecule has 0 aromatic carbocycles. The molecular formula is C10H19N3O3. The maximum Gasteiger partial charge on any atom is 0.227 e. The molecule has 16 heavy (non-hydrogen) atoms. The summed E-state index contributed by atoms with van der Waals surface area (Å²) in [6.07, 6.45) is 1.86. The first-order chi connectivity index (χ1) is 7.63. The second-order valence-electron chi connectivity index (χ2n) is 4.07. The van der Waals surface area contributed by atoms with Crippen LogP contribution in [0.4, 0.5) is 0 Å². The molecule has 0 aromatic rings. The van der Waals surface area contributed by atoms with Crippen LogP contribution in [0.1, 0.15) is 26.2 Å². The van der Waals surface area contributed by atoms with Crippen LogP contribution < -0.4 is 11.1 Å². The molecular weight excluding hydrogens is 210 g/mol. The summed E-state index contributed by atoms with van der Waals surface area (Å²) >= 11 is 0. The Balaban J connectivity index is 2.32. The number of amides is 1. The highest BCUT2D eigenvalue weighted by Crippen LogP contribution is 2.18. The van der Waals surface area contributed by atoms with Crippen molar-refractivity contribution in [2.45, 2.75) is 32.2 Å². The van der Waals surface area contributed by atoms with Gasteiger partial charge in [0, 0.05) is 19.3 Å². The van der Waals surface area contributed by atoms with E-state index in [2.05, 4.69) is 10.5 Å². The van der Waals surface area contributed by atoms with Gasteiger partial charge >= 0.3 is 0 Å². The number of carbonyl (C=O) groups is 1. The number of rotatable bonds is 4. The molecule has 1 fully saturated rings. The summed E-state index contributed by atoms with van der Waals surface area (Å²) in [5.74, 6) is 0.163. The molecule has 0 aromatic heterocycles. The Labute approximate surface area is 94.8 Å². The van der Waals surface area contributed by atoms with Crippen LogP contribution in [0.2, 0.25) is 0 Å². The van der Waals surface area contributed by atoms with E-state index < -0.39 is 0 Å². The highest BCUT2D eigenvalue weighted by molar-refractivity contribution is 5.98. The van der Waals surface area contributed by atoms with Crippen LogP contribution in [0, 0.1) is 5.92 Å². The van der Waals surface area contributed by atoms with E-state index in [9.17, 15) is 4.79 Å². The molecule has 1 rings (SSSR count). The molecule has 1 aliphatic heterocycles. The summed E-state index contributed by atoms with van der Waals surface area (Å²) in [5.41, 5.74) is 5.25. The first-order valence-corrected chi connectivity index (χ1v) is 5.47. The van der Waals surface area contributed by atoms with Gasteiger partial charge in [0.05, 0.1) is 6.42 Å². The van der Waals surface area contributed by atoms with Crippen molar-refractivity contribution in [1.29, 1.82) is 0 Å². The molecule has 1 heterocycles. The summed E-state index contributed by atoms with van der Waals surface area (Å²) in [4.78, 5) is 11.5. The summed E-state index contributed by atoms with van der Waals surface area (Å²) in [7, 11) is 0. The molecule has 92 valence electrons. The molecule has 6 nitrogen and oxygen atoms in total. The maximum atomic E-state index is 11.5. The quantitative estimate of drug-likeness (QED) is 0.275. The molecule has 0 radical (unpaired) electrons. The van der Waals surface area contributed by atoms with E-state index in [1.165, 1.54) is 0 Å². The Morgan fingerprint density at radius 2 is 2.25 bits per heavy atom. The Hall–Kier alpha value is -1.30. The van der Waals surface area contributed by atoms with Crippen LogP contribution in [0.15, 0.2) is 5.16 Å². The molecule has 0 spiro atoms. The second-order valence-corrected chi connectivity index (χ2v) is 4.07. The zero-order valence-corrected chi connectivity index (χ0v) is 9.48. The van der Waals surface area contributed by atoms with E-state index in [4.69, 9.17) is 15.7 Å². The minimum absolute atomic E-state index is 0.0654. The lowest BCUT2D eigenvalue weighted by Gasteiger charge is -2.28. The van der Waals surface area contributed by atoms with Gasteiger partial charge in [-0.25, -0.2) is 0 Å². The minimum Gasteiger partial charge on any atom is -0.409 e. The molecule has 1 atom stereocenters. The van der Waals surface area contributed by atoms with Crippen LogP contribution in [-0.4, -0.2) is 36.2 Å². The van der Waals surface area contributed by atoms with E-state index in [1.54, 1.807) is 0 Å². The van der Waals surface area contributed by atoms with Gasteiger partial charge in [0.1, 0.15) is 5.84 Å². The molecule has 1 amide bonds. The second kappa shape index (κ2) is 6.32. The molecule has 6 heteroatoms. The molecule has 0 aliphatic carbocycles. The van der Waals surface area contributed by atoms with Crippen molar-refractivity contribution in [1.82, 2.24) is 5.32 Å². The van der Waals surface area contributed by atoms with E-state index in [-0.39, 0.29) is 24.2 Å². The standard InChI is InChI=1S/C10H19N3O3/c1-7(8-2-4-16-5-3-8)12-10(14)6-9(11)13-15/h7-8,15H,2-6H2,1H3,(H2,11,13)(H,12,14). The van der Waals surface area contributed by atoms with Crippen molar-refractivity contribution >= 4 is 11.7 Å².